The topological polar surface area (TPSA) is 88.8 Å². The summed E-state index contributed by atoms with van der Waals surface area (Å²) in [6.07, 6.45) is 5.15. The van der Waals surface area contributed by atoms with Crippen LogP contribution >= 0.6 is 0 Å². The van der Waals surface area contributed by atoms with Crippen LogP contribution in [0.1, 0.15) is 36.5 Å². The molecule has 0 saturated carbocycles. The summed E-state index contributed by atoms with van der Waals surface area (Å²) >= 11 is 0. The Bertz CT molecular complexity index is 582. The Kier molecular flexibility index (Phi) is 4.47. The lowest BCUT2D eigenvalue weighted by molar-refractivity contribution is 0.844. The van der Waals surface area contributed by atoms with Crippen LogP contribution in [-0.2, 0) is 6.54 Å². The van der Waals surface area contributed by atoms with Gasteiger partial charge in [-0.05, 0) is 30.0 Å². The van der Waals surface area contributed by atoms with Crippen molar-refractivity contribution in [3.63, 3.8) is 0 Å². The molecule has 0 atom stereocenters. The molecule has 6 nitrogen and oxygen atoms in total. The Hall–Kier alpha value is -2.21. The van der Waals surface area contributed by atoms with Crippen LogP contribution in [0.2, 0.25) is 0 Å². The monoisotopic (exact) mass is 272 g/mol. The third-order valence-electron chi connectivity index (χ3n) is 3.18. The van der Waals surface area contributed by atoms with E-state index in [9.17, 15) is 0 Å². The Morgan fingerprint density at radius 3 is 2.65 bits per heavy atom. The highest BCUT2D eigenvalue weighted by atomic mass is 15.3. The maximum absolute atomic E-state index is 5.51. The summed E-state index contributed by atoms with van der Waals surface area (Å²) in [4.78, 5) is 12.6. The van der Waals surface area contributed by atoms with Crippen LogP contribution in [0.4, 0.5) is 11.6 Å². The number of nitrogens with two attached hydrogens (primary N) is 1. The zero-order valence-electron chi connectivity index (χ0n) is 12.0. The van der Waals surface area contributed by atoms with Gasteiger partial charge in [0.25, 0.3) is 0 Å². The van der Waals surface area contributed by atoms with Crippen LogP contribution in [0.5, 0.6) is 0 Å². The van der Waals surface area contributed by atoms with Gasteiger partial charge < -0.3 is 10.7 Å². The Labute approximate surface area is 118 Å². The average molecular weight is 272 g/mol. The molecular weight excluding hydrogens is 252 g/mol. The molecule has 0 aliphatic carbocycles. The molecule has 0 unspecified atom stereocenters. The van der Waals surface area contributed by atoms with Gasteiger partial charge in [0.1, 0.15) is 18.0 Å². The molecule has 0 amide bonds. The Morgan fingerprint density at radius 1 is 1.25 bits per heavy atom. The molecular formula is C14H20N6. The summed E-state index contributed by atoms with van der Waals surface area (Å²) in [7, 11) is 0. The second-order valence-corrected chi connectivity index (χ2v) is 4.94. The molecule has 0 saturated heterocycles. The predicted molar refractivity (Wildman–Crippen MR) is 80.2 cm³/mol. The third kappa shape index (κ3) is 3.03. The number of nitrogens with one attached hydrogen (secondary N) is 2. The fourth-order valence-electron chi connectivity index (χ4n) is 2.08. The van der Waals surface area contributed by atoms with Gasteiger partial charge in [0, 0.05) is 24.5 Å². The number of aryl methyl sites for hydroxylation is 1. The van der Waals surface area contributed by atoms with Gasteiger partial charge in [-0.15, -0.1) is 0 Å². The molecule has 0 fully saturated rings. The quantitative estimate of drug-likeness (QED) is 0.571. The number of anilines is 2. The van der Waals surface area contributed by atoms with E-state index in [0.717, 1.165) is 16.9 Å². The van der Waals surface area contributed by atoms with Crippen molar-refractivity contribution in [3.05, 3.63) is 41.5 Å². The fraction of sp³-hybridized carbons (Fsp3) is 0.357. The second kappa shape index (κ2) is 6.29. The van der Waals surface area contributed by atoms with Crippen molar-refractivity contribution in [2.24, 2.45) is 5.84 Å². The summed E-state index contributed by atoms with van der Waals surface area (Å²) in [6.45, 7) is 6.90. The van der Waals surface area contributed by atoms with E-state index in [1.54, 1.807) is 6.20 Å². The lowest BCUT2D eigenvalue weighted by Crippen LogP contribution is -2.15. The minimum absolute atomic E-state index is 0.267. The first-order valence-corrected chi connectivity index (χ1v) is 6.58. The molecule has 0 aliphatic heterocycles. The smallest absolute Gasteiger partial charge is 0.148 e. The van der Waals surface area contributed by atoms with Crippen molar-refractivity contribution >= 4 is 11.6 Å². The van der Waals surface area contributed by atoms with Crippen molar-refractivity contribution in [2.45, 2.75) is 33.2 Å². The van der Waals surface area contributed by atoms with E-state index in [0.29, 0.717) is 12.4 Å². The van der Waals surface area contributed by atoms with Crippen LogP contribution in [-0.4, -0.2) is 15.0 Å². The van der Waals surface area contributed by atoms with Crippen molar-refractivity contribution in [2.75, 3.05) is 10.7 Å². The highest BCUT2D eigenvalue weighted by molar-refractivity contribution is 5.58. The van der Waals surface area contributed by atoms with Gasteiger partial charge in [0.15, 0.2) is 0 Å². The molecule has 0 spiro atoms. The number of hydrogen-bond acceptors (Lipinski definition) is 6. The molecule has 0 aromatic carbocycles. The van der Waals surface area contributed by atoms with Gasteiger partial charge in [-0.2, -0.15) is 0 Å². The van der Waals surface area contributed by atoms with Crippen LogP contribution in [0, 0.1) is 6.92 Å². The van der Waals surface area contributed by atoms with E-state index in [-0.39, 0.29) is 5.92 Å². The predicted octanol–water partition coefficient (Wildman–Crippen LogP) is 2.20. The molecule has 0 aliphatic rings. The minimum Gasteiger partial charge on any atom is -0.366 e. The molecule has 6 heteroatoms. The van der Waals surface area contributed by atoms with Gasteiger partial charge in [-0.25, -0.2) is 15.8 Å². The number of nitrogen functional groups attached to an aromatic ring is 1. The first-order valence-electron chi connectivity index (χ1n) is 6.58. The largest absolute Gasteiger partial charge is 0.366 e. The van der Waals surface area contributed by atoms with E-state index in [2.05, 4.69) is 39.5 Å². The maximum Gasteiger partial charge on any atom is 0.148 e. The standard InChI is InChI=1S/C14H20N6/c1-9(2)12-13(18-8-19-14(12)20-15)17-7-11-4-5-16-6-10(11)3/h4-6,8-9H,7,15H2,1-3H3,(H2,17,18,19,20). The highest BCUT2D eigenvalue weighted by Crippen LogP contribution is 2.28. The molecule has 20 heavy (non-hydrogen) atoms. The molecule has 106 valence electrons. The zero-order valence-corrected chi connectivity index (χ0v) is 12.0. The van der Waals surface area contributed by atoms with Gasteiger partial charge in [-0.3, -0.25) is 4.98 Å². The highest BCUT2D eigenvalue weighted by Gasteiger charge is 2.14. The Balaban J connectivity index is 2.24. The first kappa shape index (κ1) is 14.2. The number of hydrazine groups is 1. The van der Waals surface area contributed by atoms with Crippen molar-refractivity contribution < 1.29 is 0 Å². The van der Waals surface area contributed by atoms with Crippen molar-refractivity contribution in [3.8, 4) is 0 Å². The zero-order chi connectivity index (χ0) is 14.5. The van der Waals surface area contributed by atoms with Crippen molar-refractivity contribution in [1.82, 2.24) is 15.0 Å². The summed E-state index contributed by atoms with van der Waals surface area (Å²) in [5.41, 5.74) is 5.95. The van der Waals surface area contributed by atoms with Crippen LogP contribution in [0.3, 0.4) is 0 Å². The molecule has 0 bridgehead atoms. The molecule has 4 N–H and O–H groups in total. The van der Waals surface area contributed by atoms with Gasteiger partial charge in [-0.1, -0.05) is 13.8 Å². The third-order valence-corrected chi connectivity index (χ3v) is 3.18. The second-order valence-electron chi connectivity index (χ2n) is 4.94. The summed E-state index contributed by atoms with van der Waals surface area (Å²) < 4.78 is 0. The number of aromatic nitrogens is 3. The Morgan fingerprint density at radius 2 is 2.00 bits per heavy atom. The van der Waals surface area contributed by atoms with E-state index >= 15 is 0 Å². The summed E-state index contributed by atoms with van der Waals surface area (Å²) in [6, 6.07) is 2.00. The molecule has 2 rings (SSSR count). The maximum atomic E-state index is 5.51. The van der Waals surface area contributed by atoms with Gasteiger partial charge in [0.2, 0.25) is 0 Å². The molecule has 2 aromatic heterocycles. The van der Waals surface area contributed by atoms with Gasteiger partial charge in [0.05, 0.1) is 0 Å². The van der Waals surface area contributed by atoms with E-state index < -0.39 is 0 Å². The number of rotatable bonds is 5. The lowest BCUT2D eigenvalue weighted by atomic mass is 10.0. The molecule has 2 aromatic rings. The molecule has 0 radical (unpaired) electrons. The van der Waals surface area contributed by atoms with E-state index in [1.807, 2.05) is 19.2 Å². The average Bonchev–Trinajstić information content (AvgIpc) is 2.45. The lowest BCUT2D eigenvalue weighted by Gasteiger charge is -2.16. The van der Waals surface area contributed by atoms with Crippen LogP contribution in [0.15, 0.2) is 24.8 Å². The SMILES string of the molecule is Cc1cnccc1CNc1ncnc(NN)c1C(C)C. The molecule has 2 heterocycles. The van der Waals surface area contributed by atoms with Gasteiger partial charge >= 0.3 is 0 Å². The van der Waals surface area contributed by atoms with Crippen LogP contribution in [0.25, 0.3) is 0 Å². The number of pyridine rings is 1. The minimum atomic E-state index is 0.267. The number of hydrogen-bond donors (Lipinski definition) is 3. The first-order chi connectivity index (χ1) is 9.63. The van der Waals surface area contributed by atoms with E-state index in [1.165, 1.54) is 11.9 Å². The summed E-state index contributed by atoms with van der Waals surface area (Å²) in [5.74, 6) is 7.24. The van der Waals surface area contributed by atoms with E-state index in [4.69, 9.17) is 5.84 Å². The normalized spacial score (nSPS) is 10.7. The van der Waals surface area contributed by atoms with Crippen LogP contribution < -0.4 is 16.6 Å². The number of nitrogens with zero attached hydrogens (tertiary/aromatic N) is 3. The fourth-order valence-corrected chi connectivity index (χ4v) is 2.08. The summed E-state index contributed by atoms with van der Waals surface area (Å²) in [5, 5.41) is 3.35. The van der Waals surface area contributed by atoms with Crippen molar-refractivity contribution in [1.29, 1.82) is 0 Å².